The highest BCUT2D eigenvalue weighted by Gasteiger charge is 2.14. The Morgan fingerprint density at radius 2 is 2.06 bits per heavy atom. The summed E-state index contributed by atoms with van der Waals surface area (Å²) in [7, 11) is 0. The molecule has 1 aliphatic carbocycles. The molecule has 3 nitrogen and oxygen atoms in total. The molecular formula is C11H16ClN3S. The molecule has 1 saturated carbocycles. The highest BCUT2D eigenvalue weighted by atomic mass is 35.5. The molecule has 1 aliphatic rings. The number of anilines is 1. The van der Waals surface area contributed by atoms with E-state index in [9.17, 15) is 0 Å². The van der Waals surface area contributed by atoms with Crippen LogP contribution in [0.5, 0.6) is 0 Å². The van der Waals surface area contributed by atoms with Gasteiger partial charge in [-0.25, -0.2) is 9.97 Å². The van der Waals surface area contributed by atoms with E-state index < -0.39 is 0 Å². The summed E-state index contributed by atoms with van der Waals surface area (Å²) < 4.78 is 0. The van der Waals surface area contributed by atoms with Gasteiger partial charge in [-0.05, 0) is 19.1 Å². The molecule has 1 fully saturated rings. The van der Waals surface area contributed by atoms with Crippen LogP contribution in [-0.4, -0.2) is 22.3 Å². The van der Waals surface area contributed by atoms with E-state index in [-0.39, 0.29) is 0 Å². The second-order valence-electron chi connectivity index (χ2n) is 4.04. The Balaban J connectivity index is 2.04. The Morgan fingerprint density at radius 1 is 1.31 bits per heavy atom. The topological polar surface area (TPSA) is 37.8 Å². The number of nitrogens with zero attached hydrogens (tertiary/aromatic N) is 2. The third-order valence-electron chi connectivity index (χ3n) is 2.81. The largest absolute Gasteiger partial charge is 0.367 e. The molecule has 0 saturated heterocycles. The van der Waals surface area contributed by atoms with Gasteiger partial charge in [0.1, 0.15) is 11.0 Å². The number of halogens is 1. The van der Waals surface area contributed by atoms with Gasteiger partial charge in [-0.15, -0.1) is 0 Å². The van der Waals surface area contributed by atoms with Gasteiger partial charge in [-0.1, -0.05) is 42.6 Å². The molecule has 0 radical (unpaired) electrons. The van der Waals surface area contributed by atoms with E-state index in [1.54, 1.807) is 6.07 Å². The highest BCUT2D eigenvalue weighted by Crippen LogP contribution is 2.23. The van der Waals surface area contributed by atoms with E-state index in [0.717, 1.165) is 11.0 Å². The van der Waals surface area contributed by atoms with Gasteiger partial charge in [0.2, 0.25) is 0 Å². The third-order valence-corrected chi connectivity index (χ3v) is 3.56. The third kappa shape index (κ3) is 3.25. The second kappa shape index (κ2) is 5.73. The summed E-state index contributed by atoms with van der Waals surface area (Å²) in [6.07, 6.45) is 8.40. The number of nitrogens with one attached hydrogen (secondary N) is 1. The van der Waals surface area contributed by atoms with Gasteiger partial charge in [0.15, 0.2) is 5.16 Å². The molecule has 0 spiro atoms. The van der Waals surface area contributed by atoms with E-state index in [1.807, 2.05) is 6.26 Å². The number of aromatic nitrogens is 2. The van der Waals surface area contributed by atoms with Crippen LogP contribution in [0.15, 0.2) is 11.2 Å². The zero-order chi connectivity index (χ0) is 11.4. The average Bonchev–Trinajstić information content (AvgIpc) is 2.29. The maximum atomic E-state index is 5.94. The lowest BCUT2D eigenvalue weighted by molar-refractivity contribution is 0.461. The number of hydrogen-bond acceptors (Lipinski definition) is 4. The first-order valence-electron chi connectivity index (χ1n) is 5.63. The Kier molecular flexibility index (Phi) is 4.29. The molecule has 16 heavy (non-hydrogen) atoms. The van der Waals surface area contributed by atoms with Gasteiger partial charge in [-0.2, -0.15) is 0 Å². The minimum atomic E-state index is 0.512. The molecule has 88 valence electrons. The monoisotopic (exact) mass is 257 g/mol. The van der Waals surface area contributed by atoms with Gasteiger partial charge < -0.3 is 5.32 Å². The van der Waals surface area contributed by atoms with Crippen molar-refractivity contribution < 1.29 is 0 Å². The van der Waals surface area contributed by atoms with E-state index in [0.29, 0.717) is 11.2 Å². The molecular weight excluding hydrogens is 242 g/mol. The van der Waals surface area contributed by atoms with Crippen molar-refractivity contribution in [3.63, 3.8) is 0 Å². The van der Waals surface area contributed by atoms with Gasteiger partial charge in [0, 0.05) is 12.1 Å². The molecule has 1 aromatic heterocycles. The molecule has 0 unspecified atom stereocenters. The quantitative estimate of drug-likeness (QED) is 0.510. The first-order valence-corrected chi connectivity index (χ1v) is 7.23. The Hall–Kier alpha value is -0.480. The predicted octanol–water partition coefficient (Wildman–Crippen LogP) is 3.60. The van der Waals surface area contributed by atoms with Crippen LogP contribution >= 0.6 is 23.4 Å². The van der Waals surface area contributed by atoms with E-state index in [2.05, 4.69) is 15.3 Å². The summed E-state index contributed by atoms with van der Waals surface area (Å²) in [5, 5.41) is 4.69. The van der Waals surface area contributed by atoms with E-state index in [1.165, 1.54) is 43.9 Å². The number of thioether (sulfide) groups is 1. The van der Waals surface area contributed by atoms with E-state index >= 15 is 0 Å². The van der Waals surface area contributed by atoms with Crippen LogP contribution in [0.3, 0.4) is 0 Å². The summed E-state index contributed by atoms with van der Waals surface area (Å²) in [5.74, 6) is 0.858. The zero-order valence-electron chi connectivity index (χ0n) is 9.37. The van der Waals surface area contributed by atoms with Crippen molar-refractivity contribution in [3.8, 4) is 0 Å². The van der Waals surface area contributed by atoms with Gasteiger partial charge in [0.05, 0.1) is 0 Å². The normalized spacial score (nSPS) is 17.4. The fourth-order valence-corrected chi connectivity index (χ4v) is 2.63. The lowest BCUT2D eigenvalue weighted by atomic mass is 9.95. The van der Waals surface area contributed by atoms with Crippen LogP contribution in [0, 0.1) is 0 Å². The molecule has 0 bridgehead atoms. The van der Waals surface area contributed by atoms with Gasteiger partial charge in [0.25, 0.3) is 0 Å². The fourth-order valence-electron chi connectivity index (χ4n) is 2.02. The van der Waals surface area contributed by atoms with Crippen LogP contribution in [0.2, 0.25) is 5.15 Å². The summed E-state index contributed by atoms with van der Waals surface area (Å²) in [6.45, 7) is 0. The Labute approximate surface area is 105 Å². The summed E-state index contributed by atoms with van der Waals surface area (Å²) >= 11 is 7.45. The molecule has 1 aromatic rings. The zero-order valence-corrected chi connectivity index (χ0v) is 10.9. The van der Waals surface area contributed by atoms with Crippen LogP contribution in [0.4, 0.5) is 5.82 Å². The first-order chi connectivity index (χ1) is 7.78. The summed E-state index contributed by atoms with van der Waals surface area (Å²) in [6, 6.07) is 2.35. The SMILES string of the molecule is CSc1nc(Cl)cc(NC2CCCCC2)n1. The van der Waals surface area contributed by atoms with Crippen molar-refractivity contribution in [1.82, 2.24) is 9.97 Å². The molecule has 0 aliphatic heterocycles. The molecule has 0 aromatic carbocycles. The maximum Gasteiger partial charge on any atom is 0.190 e. The lowest BCUT2D eigenvalue weighted by Crippen LogP contribution is -2.22. The minimum Gasteiger partial charge on any atom is -0.367 e. The Bertz CT molecular complexity index is 353. The molecule has 1 heterocycles. The van der Waals surface area contributed by atoms with Crippen molar-refractivity contribution in [2.24, 2.45) is 0 Å². The number of rotatable bonds is 3. The van der Waals surface area contributed by atoms with Crippen LogP contribution in [-0.2, 0) is 0 Å². The predicted molar refractivity (Wildman–Crippen MR) is 69.3 cm³/mol. The van der Waals surface area contributed by atoms with Gasteiger partial charge in [-0.3, -0.25) is 0 Å². The van der Waals surface area contributed by atoms with E-state index in [4.69, 9.17) is 11.6 Å². The van der Waals surface area contributed by atoms with Crippen molar-refractivity contribution in [1.29, 1.82) is 0 Å². The standard InChI is InChI=1S/C11H16ClN3S/c1-16-11-14-9(12)7-10(15-11)13-8-5-3-2-4-6-8/h7-8H,2-6H2,1H3,(H,13,14,15). The van der Waals surface area contributed by atoms with Gasteiger partial charge >= 0.3 is 0 Å². The summed E-state index contributed by atoms with van der Waals surface area (Å²) in [5.41, 5.74) is 0. The average molecular weight is 258 g/mol. The molecule has 0 atom stereocenters. The molecule has 1 N–H and O–H groups in total. The lowest BCUT2D eigenvalue weighted by Gasteiger charge is -2.23. The number of hydrogen-bond donors (Lipinski definition) is 1. The molecule has 2 rings (SSSR count). The van der Waals surface area contributed by atoms with Crippen molar-refractivity contribution in [3.05, 3.63) is 11.2 Å². The first kappa shape index (κ1) is 12.0. The van der Waals surface area contributed by atoms with Crippen LogP contribution in [0.25, 0.3) is 0 Å². The Morgan fingerprint density at radius 3 is 2.75 bits per heavy atom. The molecule has 5 heteroatoms. The smallest absolute Gasteiger partial charge is 0.190 e. The maximum absolute atomic E-state index is 5.94. The fraction of sp³-hybridized carbons (Fsp3) is 0.636. The van der Waals surface area contributed by atoms with Crippen LogP contribution < -0.4 is 5.32 Å². The van der Waals surface area contributed by atoms with Crippen molar-refractivity contribution in [2.45, 2.75) is 43.3 Å². The van der Waals surface area contributed by atoms with Crippen molar-refractivity contribution >= 4 is 29.2 Å². The highest BCUT2D eigenvalue weighted by molar-refractivity contribution is 7.98. The second-order valence-corrected chi connectivity index (χ2v) is 5.20. The van der Waals surface area contributed by atoms with Crippen molar-refractivity contribution in [2.75, 3.05) is 11.6 Å². The molecule has 0 amide bonds. The minimum absolute atomic E-state index is 0.512. The van der Waals surface area contributed by atoms with Crippen LogP contribution in [0.1, 0.15) is 32.1 Å². The summed E-state index contributed by atoms with van der Waals surface area (Å²) in [4.78, 5) is 8.53.